The van der Waals surface area contributed by atoms with Crippen LogP contribution >= 0.6 is 0 Å². The third kappa shape index (κ3) is 23.7. The lowest BCUT2D eigenvalue weighted by Crippen LogP contribution is -2.46. The van der Waals surface area contributed by atoms with Gasteiger partial charge in [-0.15, -0.1) is 0 Å². The minimum atomic E-state index is -0.422. The molecule has 134 heavy (non-hydrogen) atoms. The number of nitrogen functional groups attached to an aromatic ring is 6. The van der Waals surface area contributed by atoms with Crippen LogP contribution in [-0.4, -0.2) is 177 Å². The van der Waals surface area contributed by atoms with Crippen LogP contribution in [0, 0.1) is 17.3 Å². The summed E-state index contributed by atoms with van der Waals surface area (Å²) in [6.45, 7) is 20.2. The van der Waals surface area contributed by atoms with Crippen molar-refractivity contribution in [3.8, 4) is 11.4 Å². The molecule has 7 aromatic heterocycles. The van der Waals surface area contributed by atoms with E-state index in [2.05, 4.69) is 199 Å². The van der Waals surface area contributed by atoms with E-state index in [0.29, 0.717) is 79.8 Å². The summed E-state index contributed by atoms with van der Waals surface area (Å²) < 4.78 is 13.3. The molecule has 6 atom stereocenters. The molecule has 692 valence electrons. The van der Waals surface area contributed by atoms with Crippen LogP contribution in [0.4, 0.5) is 63.3 Å². The average molecular weight is 1800 g/mol. The van der Waals surface area contributed by atoms with Crippen LogP contribution in [0.15, 0.2) is 219 Å². The molecule has 0 radical (unpaired) electrons. The second kappa shape index (κ2) is 43.7. The Balaban J connectivity index is 0.000000123. The van der Waals surface area contributed by atoms with Gasteiger partial charge in [0, 0.05) is 172 Å². The first-order chi connectivity index (χ1) is 64.6. The summed E-state index contributed by atoms with van der Waals surface area (Å²) in [4.78, 5) is 47.9. The van der Waals surface area contributed by atoms with Crippen molar-refractivity contribution in [2.45, 2.75) is 131 Å². The van der Waals surface area contributed by atoms with Gasteiger partial charge >= 0.3 is 0 Å². The number of aliphatic hydroxyl groups is 2. The molecule has 6 aromatic carbocycles. The van der Waals surface area contributed by atoms with Gasteiger partial charge < -0.3 is 80.7 Å². The highest BCUT2D eigenvalue weighted by Crippen LogP contribution is 2.40. The first kappa shape index (κ1) is 94.2. The van der Waals surface area contributed by atoms with E-state index in [-0.39, 0.29) is 12.8 Å². The molecule has 13 aromatic rings. The summed E-state index contributed by atoms with van der Waals surface area (Å²) in [5.74, 6) is 5.47. The normalized spacial score (nSPS) is 17.8. The lowest BCUT2D eigenvalue weighted by Gasteiger charge is -2.40. The van der Waals surface area contributed by atoms with E-state index in [1.807, 2.05) is 127 Å². The Morgan fingerprint density at radius 3 is 1.10 bits per heavy atom. The van der Waals surface area contributed by atoms with E-state index in [0.717, 1.165) is 192 Å². The number of allylic oxidation sites excluding steroid dienone is 5. The summed E-state index contributed by atoms with van der Waals surface area (Å²) in [6.07, 6.45) is 33.1. The molecule has 0 spiro atoms. The fourth-order valence-electron chi connectivity index (χ4n) is 17.5. The van der Waals surface area contributed by atoms with Gasteiger partial charge in [0.2, 0.25) is 0 Å². The van der Waals surface area contributed by atoms with Crippen molar-refractivity contribution in [1.82, 2.24) is 39.7 Å². The van der Waals surface area contributed by atoms with Crippen molar-refractivity contribution in [1.29, 1.82) is 0 Å². The quantitative estimate of drug-likeness (QED) is 0.0250. The smallest absolute Gasteiger partial charge is 0.132 e. The molecule has 19 N–H and O–H groups in total. The maximum atomic E-state index is 9.41. The van der Waals surface area contributed by atoms with Crippen LogP contribution in [0.5, 0.6) is 5.75 Å². The second-order valence-corrected chi connectivity index (χ2v) is 35.6. The number of rotatable bonds is 24. The van der Waals surface area contributed by atoms with Crippen molar-refractivity contribution in [3.05, 3.63) is 222 Å². The van der Waals surface area contributed by atoms with E-state index in [4.69, 9.17) is 43.9 Å². The Morgan fingerprint density at radius 1 is 0.433 bits per heavy atom. The van der Waals surface area contributed by atoms with Gasteiger partial charge in [0.1, 0.15) is 40.7 Å². The number of hydrogen-bond acceptors (Lipinski definition) is 27. The Morgan fingerprint density at radius 2 is 0.776 bits per heavy atom. The van der Waals surface area contributed by atoms with Gasteiger partial charge in [0.05, 0.1) is 109 Å². The van der Waals surface area contributed by atoms with E-state index in [1.165, 1.54) is 77.5 Å². The molecule has 13 heterocycles. The van der Waals surface area contributed by atoms with Crippen molar-refractivity contribution < 1.29 is 19.7 Å². The fourth-order valence-corrected chi connectivity index (χ4v) is 17.5. The van der Waals surface area contributed by atoms with Crippen LogP contribution in [-0.2, 0) is 4.74 Å². The van der Waals surface area contributed by atoms with E-state index >= 15 is 0 Å². The lowest BCUT2D eigenvalue weighted by atomic mass is 9.84. The summed E-state index contributed by atoms with van der Waals surface area (Å²) >= 11 is 0. The van der Waals surface area contributed by atoms with Crippen molar-refractivity contribution in [3.63, 3.8) is 0 Å². The number of aromatic nitrogens is 8. The standard InChI is InChI=1S/2C19H22N4.C19H21N3O2.C16H19N5.2C16H18N4O.CH4/c2*1-12-2-4-15(8-12)22-18-10-19(20)23-17-9-13(3-5-16(17)18)14-6-7-21-11-14;1-2-19(10-23-11-19)12-24-17-8-18(20)22-16-7-13(3-4-15(16)17)14-5-6-21-9-14;1-2-3-7-18-14-11-16(17)20-15-10-12(5-6-13(14)15)21-9-4-8-19-21;2*1-10(21)8-19-14-7-16(17)20-15-6-11(2-3-13(14)15)12-4-5-18-9-12;/h2*3,5-7,9-10,12,15H,2,4,8,11H2,1H3,(H3,20,22,23);3-8H,2,9-12H2,1H3,(H2,20,22);4-6,8-11H,2-3,7H2,1H3,(H3,17,18,20);2*2-7,10,21H,8-9H2,1H3,(H3,17,19,20);1H4/t12-,15+;12-,15-;;;2*10-;/m01..10./s1. The maximum absolute atomic E-state index is 9.41. The summed E-state index contributed by atoms with van der Waals surface area (Å²) in [5.41, 5.74) is 58.9. The number of anilines is 11. The van der Waals surface area contributed by atoms with E-state index < -0.39 is 12.2 Å². The van der Waals surface area contributed by atoms with Crippen LogP contribution in [0.25, 0.3) is 99.0 Å². The molecular weight excluding hydrogens is 1670 g/mol. The topological polar surface area (TPSA) is 432 Å². The number of nitrogens with one attached hydrogen (secondary N) is 5. The fraction of sp³-hybridized carbons (Fsp3) is 0.321. The number of nitrogens with two attached hydrogens (primary N) is 6. The number of unbranched alkanes of at least 4 members (excludes halogenated alkanes) is 1. The Bertz CT molecular complexity index is 6450. The molecule has 8 aliphatic rings. The molecule has 2 saturated carbocycles. The molecular formula is C106H124N24O4. The van der Waals surface area contributed by atoms with Crippen LogP contribution in [0.3, 0.4) is 0 Å². The largest absolute Gasteiger partial charge is 0.492 e. The van der Waals surface area contributed by atoms with Gasteiger partial charge in [0.25, 0.3) is 0 Å². The molecule has 21 rings (SSSR count). The molecule has 0 unspecified atom stereocenters. The number of hydrogen-bond donors (Lipinski definition) is 13. The zero-order valence-electron chi connectivity index (χ0n) is 76.5. The monoisotopic (exact) mass is 1800 g/mol. The molecule has 3 fully saturated rings. The number of nitrogens with zero attached hydrogens (tertiary/aromatic N) is 13. The highest BCUT2D eigenvalue weighted by molar-refractivity contribution is 6.03. The van der Waals surface area contributed by atoms with Gasteiger partial charge in [-0.3, -0.25) is 25.0 Å². The number of pyridine rings is 6. The van der Waals surface area contributed by atoms with Crippen LogP contribution in [0.2, 0.25) is 0 Å². The van der Waals surface area contributed by atoms with Crippen molar-refractivity contribution in [2.75, 3.05) is 133 Å². The summed E-state index contributed by atoms with van der Waals surface area (Å²) in [5, 5.41) is 46.6. The van der Waals surface area contributed by atoms with E-state index in [1.54, 1.807) is 32.2 Å². The number of aliphatic imine (C=N–C) groups is 5. The van der Waals surface area contributed by atoms with Gasteiger partial charge in [-0.05, 0) is 224 Å². The number of benzene rings is 6. The first-order valence-electron chi connectivity index (χ1n) is 46.1. The summed E-state index contributed by atoms with van der Waals surface area (Å²) in [7, 11) is 0. The molecule has 0 bridgehead atoms. The second-order valence-electron chi connectivity index (χ2n) is 35.6. The first-order valence-corrected chi connectivity index (χ1v) is 46.1. The van der Waals surface area contributed by atoms with Crippen LogP contribution < -0.4 is 65.7 Å². The SMILES string of the molecule is C.CCC1(COc2cc(N)nc3cc(C4=CC=NC4)ccc23)COC1.CCCCNc1cc(N)nc2cc(-n3cccn3)ccc12.C[C@@H](O)CNc1cc(N)nc2cc(C3=CC=NC3)ccc12.C[C@@H]1CC[C@@H](Nc2cc(N)nc3cc(C4=CC=NC4)ccc23)C1.C[C@H](O)CNc1cc(N)nc2cc(C3=CC=NC3)ccc12.C[C@H]1CC[C@@H](Nc2cc(N)nc3cc(C4=CC=NC4)ccc23)C1. The van der Waals surface area contributed by atoms with Crippen molar-refractivity contribution in [2.24, 2.45) is 42.2 Å². The Kier molecular flexibility index (Phi) is 30.7. The predicted octanol–water partition coefficient (Wildman–Crippen LogP) is 18.9. The van der Waals surface area contributed by atoms with Gasteiger partial charge in [-0.25, -0.2) is 34.6 Å². The predicted molar refractivity (Wildman–Crippen MR) is 561 cm³/mol. The highest BCUT2D eigenvalue weighted by atomic mass is 16.5. The average Bonchev–Trinajstić information content (AvgIpc) is 1.81. The maximum Gasteiger partial charge on any atom is 0.132 e. The number of ether oxygens (including phenoxy) is 2. The molecule has 28 heteroatoms. The molecule has 1 saturated heterocycles. The summed E-state index contributed by atoms with van der Waals surface area (Å²) in [6, 6.07) is 51.6. The Hall–Kier alpha value is -14.5. The Labute approximate surface area is 782 Å². The molecule has 6 aliphatic heterocycles. The zero-order chi connectivity index (χ0) is 92.5. The minimum absolute atomic E-state index is 0. The van der Waals surface area contributed by atoms with Crippen molar-refractivity contribution >= 4 is 188 Å². The van der Waals surface area contributed by atoms with Gasteiger partial charge in [0.15, 0.2) is 0 Å². The third-order valence-corrected chi connectivity index (χ3v) is 25.0. The number of fused-ring (bicyclic) bond motifs is 6. The van der Waals surface area contributed by atoms with Gasteiger partial charge in [-0.2, -0.15) is 5.10 Å². The number of aliphatic hydroxyl groups excluding tert-OH is 2. The van der Waals surface area contributed by atoms with Gasteiger partial charge in [-0.1, -0.05) is 96.1 Å². The lowest BCUT2D eigenvalue weighted by molar-refractivity contribution is -0.133. The zero-order valence-corrected chi connectivity index (χ0v) is 76.5. The van der Waals surface area contributed by atoms with E-state index in [9.17, 15) is 10.2 Å². The van der Waals surface area contributed by atoms with Crippen LogP contribution in [0.1, 0.15) is 135 Å². The highest BCUT2D eigenvalue weighted by Gasteiger charge is 2.38. The molecule has 2 aliphatic carbocycles. The molecule has 0 amide bonds. The minimum Gasteiger partial charge on any atom is -0.492 e. The third-order valence-electron chi connectivity index (χ3n) is 25.0. The molecule has 28 nitrogen and oxygen atoms in total.